The van der Waals surface area contributed by atoms with E-state index in [1.807, 2.05) is 44.3 Å². The molecule has 0 aliphatic rings. The Hall–Kier alpha value is -2.41. The predicted molar refractivity (Wildman–Crippen MR) is 110 cm³/mol. The Bertz CT molecular complexity index is 843. The second-order valence-corrected chi connectivity index (χ2v) is 7.40. The zero-order valence-electron chi connectivity index (χ0n) is 17.0. The molecule has 0 radical (unpaired) electrons. The SMILES string of the molecule is CCOC(=O)c1c(C)nsc1Oc1cc(C)c(/N=C/N(C)C(C)C)cc1C. The van der Waals surface area contributed by atoms with Crippen LogP contribution in [0.2, 0.25) is 0 Å². The van der Waals surface area contributed by atoms with Crippen LogP contribution in [-0.4, -0.2) is 41.3 Å². The highest BCUT2D eigenvalue weighted by atomic mass is 32.1. The summed E-state index contributed by atoms with van der Waals surface area (Å²) in [7, 11) is 2.00. The number of hydrogen-bond donors (Lipinski definition) is 0. The number of carbonyl (C=O) groups excluding carboxylic acids is 1. The highest BCUT2D eigenvalue weighted by Crippen LogP contribution is 2.36. The summed E-state index contributed by atoms with van der Waals surface area (Å²) in [6.45, 7) is 12.0. The van der Waals surface area contributed by atoms with Gasteiger partial charge in [-0.15, -0.1) is 0 Å². The summed E-state index contributed by atoms with van der Waals surface area (Å²) in [5.41, 5.74) is 3.81. The number of aromatic nitrogens is 1. The van der Waals surface area contributed by atoms with Crippen molar-refractivity contribution < 1.29 is 14.3 Å². The van der Waals surface area contributed by atoms with Gasteiger partial charge in [-0.25, -0.2) is 9.79 Å². The fourth-order valence-electron chi connectivity index (χ4n) is 2.26. The van der Waals surface area contributed by atoms with E-state index in [0.29, 0.717) is 34.7 Å². The summed E-state index contributed by atoms with van der Waals surface area (Å²) in [5, 5.41) is 0.448. The topological polar surface area (TPSA) is 64.0 Å². The lowest BCUT2D eigenvalue weighted by molar-refractivity contribution is 0.0523. The van der Waals surface area contributed by atoms with Gasteiger partial charge in [0, 0.05) is 24.6 Å². The Balaban J connectivity index is 2.29. The van der Waals surface area contributed by atoms with Crippen LogP contribution < -0.4 is 4.74 Å². The second-order valence-electron chi connectivity index (χ2n) is 6.66. The fraction of sp³-hybridized carbons (Fsp3) is 0.450. The highest BCUT2D eigenvalue weighted by molar-refractivity contribution is 7.08. The number of esters is 1. The molecule has 0 fully saturated rings. The molecule has 27 heavy (non-hydrogen) atoms. The third-order valence-corrected chi connectivity index (χ3v) is 5.02. The van der Waals surface area contributed by atoms with E-state index in [1.54, 1.807) is 13.8 Å². The van der Waals surface area contributed by atoms with Gasteiger partial charge in [-0.05, 0) is 64.8 Å². The van der Waals surface area contributed by atoms with E-state index in [2.05, 4.69) is 23.2 Å². The number of aryl methyl sites for hydroxylation is 3. The standard InChI is InChI=1S/C20H27N3O3S/c1-8-25-19(24)18-15(6)22-27-20(18)26-17-10-13(4)16(9-14(17)5)21-11-23(7)12(2)3/h9-12H,8H2,1-7H3/b21-11+. The van der Waals surface area contributed by atoms with Gasteiger partial charge in [0.2, 0.25) is 5.06 Å². The molecule has 0 saturated heterocycles. The summed E-state index contributed by atoms with van der Waals surface area (Å²) in [6.07, 6.45) is 1.83. The summed E-state index contributed by atoms with van der Waals surface area (Å²) in [5.74, 6) is 0.268. The molecule has 146 valence electrons. The van der Waals surface area contributed by atoms with E-state index in [0.717, 1.165) is 28.3 Å². The fourth-order valence-corrected chi connectivity index (χ4v) is 3.02. The molecule has 0 atom stereocenters. The first kappa shape index (κ1) is 20.9. The third-order valence-electron chi connectivity index (χ3n) is 4.20. The molecule has 0 aliphatic heterocycles. The Morgan fingerprint density at radius 2 is 2.00 bits per heavy atom. The summed E-state index contributed by atoms with van der Waals surface area (Å²) in [6, 6.07) is 4.29. The zero-order valence-corrected chi connectivity index (χ0v) is 17.8. The molecular formula is C20H27N3O3S. The normalized spacial score (nSPS) is 11.3. The van der Waals surface area contributed by atoms with Gasteiger partial charge in [0.05, 0.1) is 24.3 Å². The van der Waals surface area contributed by atoms with Crippen LogP contribution in [0.1, 0.15) is 48.0 Å². The largest absolute Gasteiger partial charge is 0.462 e. The summed E-state index contributed by atoms with van der Waals surface area (Å²) >= 11 is 1.15. The first-order chi connectivity index (χ1) is 12.7. The van der Waals surface area contributed by atoms with Gasteiger partial charge in [-0.1, -0.05) is 0 Å². The van der Waals surface area contributed by atoms with Crippen molar-refractivity contribution in [2.24, 2.45) is 4.99 Å². The monoisotopic (exact) mass is 389 g/mol. The molecule has 0 amide bonds. The Morgan fingerprint density at radius 1 is 1.30 bits per heavy atom. The van der Waals surface area contributed by atoms with Crippen molar-refractivity contribution in [2.45, 2.75) is 47.6 Å². The summed E-state index contributed by atoms with van der Waals surface area (Å²) < 4.78 is 15.4. The average molecular weight is 390 g/mol. The van der Waals surface area contributed by atoms with Gasteiger partial charge in [-0.2, -0.15) is 4.37 Å². The maximum atomic E-state index is 12.2. The molecule has 0 N–H and O–H groups in total. The number of nitrogens with zero attached hydrogens (tertiary/aromatic N) is 3. The molecule has 1 heterocycles. The highest BCUT2D eigenvalue weighted by Gasteiger charge is 2.22. The first-order valence-electron chi connectivity index (χ1n) is 8.93. The van der Waals surface area contributed by atoms with Gasteiger partial charge in [-0.3, -0.25) is 0 Å². The Labute approximate surface area is 165 Å². The van der Waals surface area contributed by atoms with Gasteiger partial charge in [0.15, 0.2) is 0 Å². The van der Waals surface area contributed by atoms with Crippen LogP contribution in [0.25, 0.3) is 0 Å². The Kier molecular flexibility index (Phi) is 6.96. The van der Waals surface area contributed by atoms with Crippen LogP contribution in [0, 0.1) is 20.8 Å². The molecule has 2 aromatic rings. The van der Waals surface area contributed by atoms with Crippen molar-refractivity contribution in [3.8, 4) is 10.8 Å². The van der Waals surface area contributed by atoms with E-state index in [1.165, 1.54) is 0 Å². The van der Waals surface area contributed by atoms with E-state index < -0.39 is 5.97 Å². The van der Waals surface area contributed by atoms with Gasteiger partial charge in [0.1, 0.15) is 11.3 Å². The predicted octanol–water partition coefficient (Wildman–Crippen LogP) is 5.04. The smallest absolute Gasteiger partial charge is 0.344 e. The number of rotatable bonds is 7. The summed E-state index contributed by atoms with van der Waals surface area (Å²) in [4.78, 5) is 18.8. The molecule has 2 rings (SSSR count). The molecule has 0 spiro atoms. The molecule has 6 nitrogen and oxygen atoms in total. The zero-order chi connectivity index (χ0) is 20.1. The number of benzene rings is 1. The molecular weight excluding hydrogens is 362 g/mol. The lowest BCUT2D eigenvalue weighted by Gasteiger charge is -2.17. The maximum Gasteiger partial charge on any atom is 0.344 e. The lowest BCUT2D eigenvalue weighted by Crippen LogP contribution is -2.24. The molecule has 1 aromatic carbocycles. The van der Waals surface area contributed by atoms with Crippen LogP contribution in [0.5, 0.6) is 10.8 Å². The lowest BCUT2D eigenvalue weighted by atomic mass is 10.1. The number of ether oxygens (including phenoxy) is 2. The first-order valence-corrected chi connectivity index (χ1v) is 9.70. The number of hydrogen-bond acceptors (Lipinski definition) is 6. The average Bonchev–Trinajstić information content (AvgIpc) is 2.96. The number of aliphatic imine (C=N–C) groups is 1. The third kappa shape index (κ3) is 5.07. The van der Waals surface area contributed by atoms with Gasteiger partial charge < -0.3 is 14.4 Å². The van der Waals surface area contributed by atoms with Gasteiger partial charge >= 0.3 is 5.97 Å². The second kappa shape index (κ2) is 8.99. The van der Waals surface area contributed by atoms with Crippen LogP contribution in [0.3, 0.4) is 0 Å². The minimum Gasteiger partial charge on any atom is -0.462 e. The minimum absolute atomic E-state index is 0.309. The van der Waals surface area contributed by atoms with Crippen LogP contribution in [0.15, 0.2) is 17.1 Å². The molecule has 7 heteroatoms. The molecule has 0 unspecified atom stereocenters. The number of carbonyl (C=O) groups is 1. The maximum absolute atomic E-state index is 12.2. The van der Waals surface area contributed by atoms with Crippen LogP contribution >= 0.6 is 11.5 Å². The van der Waals surface area contributed by atoms with Crippen molar-refractivity contribution in [3.05, 3.63) is 34.5 Å². The quantitative estimate of drug-likeness (QED) is 0.377. The van der Waals surface area contributed by atoms with Crippen molar-refractivity contribution >= 4 is 29.5 Å². The molecule has 1 aromatic heterocycles. The van der Waals surface area contributed by atoms with Crippen molar-refractivity contribution in [1.82, 2.24) is 9.27 Å². The van der Waals surface area contributed by atoms with Crippen LogP contribution in [0.4, 0.5) is 5.69 Å². The van der Waals surface area contributed by atoms with Gasteiger partial charge in [0.25, 0.3) is 0 Å². The van der Waals surface area contributed by atoms with Crippen LogP contribution in [-0.2, 0) is 4.74 Å². The van der Waals surface area contributed by atoms with Crippen molar-refractivity contribution in [3.63, 3.8) is 0 Å². The Morgan fingerprint density at radius 3 is 2.63 bits per heavy atom. The van der Waals surface area contributed by atoms with E-state index in [4.69, 9.17) is 9.47 Å². The molecule has 0 saturated carbocycles. The van der Waals surface area contributed by atoms with E-state index >= 15 is 0 Å². The van der Waals surface area contributed by atoms with Crippen molar-refractivity contribution in [1.29, 1.82) is 0 Å². The molecule has 0 bridgehead atoms. The van der Waals surface area contributed by atoms with E-state index in [9.17, 15) is 4.79 Å². The molecule has 0 aliphatic carbocycles. The van der Waals surface area contributed by atoms with Crippen molar-refractivity contribution in [2.75, 3.05) is 13.7 Å². The van der Waals surface area contributed by atoms with E-state index in [-0.39, 0.29) is 0 Å². The minimum atomic E-state index is -0.411.